The predicted molar refractivity (Wildman–Crippen MR) is 67.9 cm³/mol. The smallest absolute Gasteiger partial charge is 0.233 e. The van der Waals surface area contributed by atoms with Crippen LogP contribution in [0.15, 0.2) is 21.9 Å². The van der Waals surface area contributed by atoms with Gasteiger partial charge < -0.3 is 4.42 Å². The Balaban J connectivity index is 2.04. The Kier molecular flexibility index (Phi) is 3.91. The monoisotopic (exact) mass is 251 g/mol. The molecule has 0 aliphatic heterocycles. The Morgan fingerprint density at radius 3 is 2.82 bits per heavy atom. The van der Waals surface area contributed by atoms with Gasteiger partial charge in [0.2, 0.25) is 11.8 Å². The highest BCUT2D eigenvalue weighted by Crippen LogP contribution is 2.24. The number of aromatic nitrogens is 2. The normalized spacial score (nSPS) is 14.8. The average Bonchev–Trinajstić information content (AvgIpc) is 2.96. The number of hydrogen-bond donors (Lipinski definition) is 1. The minimum Gasteiger partial charge on any atom is -0.424 e. The van der Waals surface area contributed by atoms with E-state index in [4.69, 9.17) is 4.42 Å². The molecule has 0 aliphatic carbocycles. The largest absolute Gasteiger partial charge is 0.424 e. The van der Waals surface area contributed by atoms with Crippen molar-refractivity contribution in [2.75, 3.05) is 0 Å². The maximum absolute atomic E-state index is 5.43. The Bertz CT molecular complexity index is 452. The van der Waals surface area contributed by atoms with Crippen molar-refractivity contribution in [2.45, 2.75) is 39.3 Å². The Morgan fingerprint density at radius 1 is 1.47 bits per heavy atom. The highest BCUT2D eigenvalue weighted by Gasteiger charge is 2.18. The van der Waals surface area contributed by atoms with E-state index in [1.54, 1.807) is 18.3 Å². The van der Waals surface area contributed by atoms with Crippen molar-refractivity contribution in [1.29, 1.82) is 0 Å². The van der Waals surface area contributed by atoms with E-state index >= 15 is 0 Å². The molecule has 0 radical (unpaired) electrons. The van der Waals surface area contributed by atoms with E-state index in [0.29, 0.717) is 17.8 Å². The van der Waals surface area contributed by atoms with Crippen molar-refractivity contribution in [3.05, 3.63) is 34.2 Å². The molecule has 0 saturated carbocycles. The van der Waals surface area contributed by atoms with Crippen molar-refractivity contribution >= 4 is 11.3 Å². The van der Waals surface area contributed by atoms with Crippen LogP contribution in [0.4, 0.5) is 0 Å². The molecular formula is C12H17N3OS. The molecule has 0 spiro atoms. The van der Waals surface area contributed by atoms with Gasteiger partial charge in [0.05, 0.1) is 6.04 Å². The SMILES string of the molecule is CC[C@@H](N[C@@H](C)c1nnc(C)o1)c1cccs1. The van der Waals surface area contributed by atoms with E-state index in [2.05, 4.69) is 40.0 Å². The number of rotatable bonds is 5. The lowest BCUT2D eigenvalue weighted by molar-refractivity contribution is 0.369. The lowest BCUT2D eigenvalue weighted by atomic mass is 10.1. The molecule has 0 unspecified atom stereocenters. The van der Waals surface area contributed by atoms with Gasteiger partial charge in [-0.3, -0.25) is 5.32 Å². The van der Waals surface area contributed by atoms with E-state index in [1.807, 2.05) is 6.92 Å². The minimum atomic E-state index is 0.0725. The number of hydrogen-bond acceptors (Lipinski definition) is 5. The molecule has 2 heterocycles. The van der Waals surface area contributed by atoms with Gasteiger partial charge in [0.15, 0.2) is 0 Å². The molecular weight excluding hydrogens is 234 g/mol. The van der Waals surface area contributed by atoms with Gasteiger partial charge in [-0.05, 0) is 24.8 Å². The summed E-state index contributed by atoms with van der Waals surface area (Å²) in [6.45, 7) is 6.02. The number of nitrogens with zero attached hydrogens (tertiary/aromatic N) is 2. The molecule has 5 heteroatoms. The van der Waals surface area contributed by atoms with Crippen molar-refractivity contribution in [2.24, 2.45) is 0 Å². The summed E-state index contributed by atoms with van der Waals surface area (Å²) in [5, 5.41) is 13.5. The second-order valence-electron chi connectivity index (χ2n) is 4.02. The number of nitrogens with one attached hydrogen (secondary N) is 1. The molecule has 0 saturated heterocycles. The number of thiophene rings is 1. The highest BCUT2D eigenvalue weighted by molar-refractivity contribution is 7.10. The fraction of sp³-hybridized carbons (Fsp3) is 0.500. The summed E-state index contributed by atoms with van der Waals surface area (Å²) in [5.74, 6) is 1.26. The van der Waals surface area contributed by atoms with Crippen LogP contribution >= 0.6 is 11.3 Å². The van der Waals surface area contributed by atoms with Crippen LogP contribution < -0.4 is 5.32 Å². The summed E-state index contributed by atoms with van der Waals surface area (Å²) < 4.78 is 5.43. The van der Waals surface area contributed by atoms with Gasteiger partial charge in [0, 0.05) is 17.8 Å². The molecule has 92 valence electrons. The van der Waals surface area contributed by atoms with Gasteiger partial charge in [0.1, 0.15) is 0 Å². The van der Waals surface area contributed by atoms with Gasteiger partial charge in [0.25, 0.3) is 0 Å². The summed E-state index contributed by atoms with van der Waals surface area (Å²) in [4.78, 5) is 1.34. The van der Waals surface area contributed by atoms with E-state index in [1.165, 1.54) is 4.88 Å². The average molecular weight is 251 g/mol. The molecule has 17 heavy (non-hydrogen) atoms. The molecule has 0 fully saturated rings. The van der Waals surface area contributed by atoms with E-state index in [0.717, 1.165) is 6.42 Å². The third-order valence-electron chi connectivity index (χ3n) is 2.66. The molecule has 0 amide bonds. The molecule has 0 aromatic carbocycles. The number of aryl methyl sites for hydroxylation is 1. The summed E-state index contributed by atoms with van der Waals surface area (Å²) in [6, 6.07) is 4.64. The Morgan fingerprint density at radius 2 is 2.29 bits per heavy atom. The summed E-state index contributed by atoms with van der Waals surface area (Å²) in [6.07, 6.45) is 1.04. The van der Waals surface area contributed by atoms with Crippen LogP contribution in [0.2, 0.25) is 0 Å². The van der Waals surface area contributed by atoms with Gasteiger partial charge in [-0.1, -0.05) is 13.0 Å². The van der Waals surface area contributed by atoms with E-state index < -0.39 is 0 Å². The molecule has 0 aliphatic rings. The van der Waals surface area contributed by atoms with Crippen LogP contribution in [0.25, 0.3) is 0 Å². The zero-order chi connectivity index (χ0) is 12.3. The van der Waals surface area contributed by atoms with Crippen LogP contribution in [0.5, 0.6) is 0 Å². The standard InChI is InChI=1S/C12H17N3OS/c1-4-10(11-6-5-7-17-11)13-8(2)12-15-14-9(3)16-12/h5-8,10,13H,4H2,1-3H3/t8-,10+/m0/s1. The topological polar surface area (TPSA) is 51.0 Å². The zero-order valence-electron chi connectivity index (χ0n) is 10.3. The maximum atomic E-state index is 5.43. The first-order valence-corrected chi connectivity index (χ1v) is 6.68. The summed E-state index contributed by atoms with van der Waals surface area (Å²) in [5.41, 5.74) is 0. The Hall–Kier alpha value is -1.20. The molecule has 0 bridgehead atoms. The Labute approximate surface area is 105 Å². The van der Waals surface area contributed by atoms with Gasteiger partial charge in [-0.2, -0.15) is 0 Å². The van der Waals surface area contributed by atoms with Crippen LogP contribution in [0.3, 0.4) is 0 Å². The lowest BCUT2D eigenvalue weighted by Gasteiger charge is -2.18. The van der Waals surface area contributed by atoms with E-state index in [9.17, 15) is 0 Å². The fourth-order valence-corrected chi connectivity index (χ4v) is 2.62. The second-order valence-corrected chi connectivity index (χ2v) is 5.00. The second kappa shape index (κ2) is 5.42. The quantitative estimate of drug-likeness (QED) is 0.886. The maximum Gasteiger partial charge on any atom is 0.233 e. The summed E-state index contributed by atoms with van der Waals surface area (Å²) >= 11 is 1.77. The van der Waals surface area contributed by atoms with Crippen LogP contribution in [-0.4, -0.2) is 10.2 Å². The van der Waals surface area contributed by atoms with Gasteiger partial charge >= 0.3 is 0 Å². The molecule has 2 aromatic heterocycles. The molecule has 2 rings (SSSR count). The van der Waals surface area contributed by atoms with Crippen LogP contribution in [-0.2, 0) is 0 Å². The lowest BCUT2D eigenvalue weighted by Crippen LogP contribution is -2.23. The molecule has 4 nitrogen and oxygen atoms in total. The van der Waals surface area contributed by atoms with Crippen molar-refractivity contribution in [1.82, 2.24) is 15.5 Å². The third-order valence-corrected chi connectivity index (χ3v) is 3.64. The van der Waals surface area contributed by atoms with Crippen LogP contribution in [0, 0.1) is 6.92 Å². The van der Waals surface area contributed by atoms with Crippen molar-refractivity contribution in [3.8, 4) is 0 Å². The highest BCUT2D eigenvalue weighted by atomic mass is 32.1. The van der Waals surface area contributed by atoms with Gasteiger partial charge in [-0.25, -0.2) is 0 Å². The van der Waals surface area contributed by atoms with Gasteiger partial charge in [-0.15, -0.1) is 21.5 Å². The first kappa shape index (κ1) is 12.3. The molecule has 2 aromatic rings. The minimum absolute atomic E-state index is 0.0725. The first-order valence-electron chi connectivity index (χ1n) is 5.80. The zero-order valence-corrected chi connectivity index (χ0v) is 11.1. The first-order chi connectivity index (χ1) is 8.20. The molecule has 1 N–H and O–H groups in total. The summed E-state index contributed by atoms with van der Waals surface area (Å²) in [7, 11) is 0. The third kappa shape index (κ3) is 2.92. The van der Waals surface area contributed by atoms with Crippen molar-refractivity contribution in [3.63, 3.8) is 0 Å². The van der Waals surface area contributed by atoms with E-state index in [-0.39, 0.29) is 6.04 Å². The predicted octanol–water partition coefficient (Wildman–Crippen LogP) is 3.24. The van der Waals surface area contributed by atoms with Crippen molar-refractivity contribution < 1.29 is 4.42 Å². The fourth-order valence-electron chi connectivity index (χ4n) is 1.75. The molecule has 2 atom stereocenters. The van der Waals surface area contributed by atoms with Crippen LogP contribution in [0.1, 0.15) is 49.0 Å².